The van der Waals surface area contributed by atoms with Gasteiger partial charge in [-0.2, -0.15) is 5.10 Å². The highest BCUT2D eigenvalue weighted by atomic mass is 35.5. The van der Waals surface area contributed by atoms with Crippen molar-refractivity contribution in [2.24, 2.45) is 0 Å². The van der Waals surface area contributed by atoms with Crippen molar-refractivity contribution in [3.63, 3.8) is 0 Å². The van der Waals surface area contributed by atoms with Crippen LogP contribution in [0.4, 0.5) is 10.1 Å². The smallest absolute Gasteiger partial charge is 0.258 e. The molecule has 1 aromatic carbocycles. The predicted octanol–water partition coefficient (Wildman–Crippen LogP) is 3.69. The molecular formula is C18H17Cl2FN6O. The van der Waals surface area contributed by atoms with Crippen molar-refractivity contribution in [3.05, 3.63) is 51.4 Å². The molecule has 0 atom stereocenters. The van der Waals surface area contributed by atoms with E-state index in [4.69, 9.17) is 23.2 Å². The third kappa shape index (κ3) is 3.63. The first-order valence-corrected chi connectivity index (χ1v) is 9.47. The van der Waals surface area contributed by atoms with Crippen LogP contribution in [0.25, 0.3) is 11.5 Å². The summed E-state index contributed by atoms with van der Waals surface area (Å²) >= 11 is 12.2. The highest BCUT2D eigenvalue weighted by molar-refractivity contribution is 6.40. The maximum absolute atomic E-state index is 12.7. The Morgan fingerprint density at radius 2 is 2.11 bits per heavy atom. The number of hydrogen-bond donors (Lipinski definition) is 3. The molecule has 1 aliphatic heterocycles. The van der Waals surface area contributed by atoms with Gasteiger partial charge >= 0.3 is 0 Å². The van der Waals surface area contributed by atoms with Gasteiger partial charge in [-0.05, 0) is 12.1 Å². The highest BCUT2D eigenvalue weighted by Crippen LogP contribution is 2.29. The van der Waals surface area contributed by atoms with Crippen molar-refractivity contribution in [1.29, 1.82) is 0 Å². The first kappa shape index (κ1) is 18.9. The number of fused-ring (bicyclic) bond motifs is 1. The van der Waals surface area contributed by atoms with Crippen LogP contribution < -0.4 is 5.32 Å². The van der Waals surface area contributed by atoms with Gasteiger partial charge in [0.25, 0.3) is 5.91 Å². The Morgan fingerprint density at radius 3 is 2.86 bits per heavy atom. The van der Waals surface area contributed by atoms with E-state index in [0.717, 1.165) is 24.4 Å². The van der Waals surface area contributed by atoms with E-state index in [2.05, 4.69) is 25.5 Å². The lowest BCUT2D eigenvalue weighted by Gasteiger charge is -2.24. The number of carbonyl (C=O) groups is 1. The minimum absolute atomic E-state index is 0.193. The summed E-state index contributed by atoms with van der Waals surface area (Å²) in [6, 6.07) is 4.87. The summed E-state index contributed by atoms with van der Waals surface area (Å²) in [6.45, 7) is 1.39. The minimum Gasteiger partial charge on any atom is -0.339 e. The Labute approximate surface area is 170 Å². The van der Waals surface area contributed by atoms with Gasteiger partial charge in [-0.1, -0.05) is 29.3 Å². The van der Waals surface area contributed by atoms with E-state index < -0.39 is 5.91 Å². The number of halogens is 3. The lowest BCUT2D eigenvalue weighted by atomic mass is 10.1. The van der Waals surface area contributed by atoms with E-state index in [1.165, 1.54) is 6.20 Å². The fraction of sp³-hybridized carbons (Fsp3) is 0.278. The summed E-state index contributed by atoms with van der Waals surface area (Å²) in [5.74, 6) is 0.119. The molecule has 0 aliphatic carbocycles. The third-order valence-corrected chi connectivity index (χ3v) is 5.26. The Bertz CT molecular complexity index is 997. The van der Waals surface area contributed by atoms with Crippen LogP contribution in [0, 0.1) is 0 Å². The zero-order valence-corrected chi connectivity index (χ0v) is 16.2. The molecule has 0 saturated carbocycles. The number of aromatic nitrogens is 4. The number of nitrogens with one attached hydrogen (secondary N) is 3. The molecule has 3 N–H and O–H groups in total. The monoisotopic (exact) mass is 422 g/mol. The van der Waals surface area contributed by atoms with Gasteiger partial charge in [0, 0.05) is 26.1 Å². The average molecular weight is 423 g/mol. The molecule has 0 radical (unpaired) electrons. The van der Waals surface area contributed by atoms with Crippen LogP contribution in [0.3, 0.4) is 0 Å². The summed E-state index contributed by atoms with van der Waals surface area (Å²) in [5, 5.41) is 10.2. The van der Waals surface area contributed by atoms with Gasteiger partial charge in [0.1, 0.15) is 12.4 Å². The Hall–Kier alpha value is -2.42. The normalized spacial score (nSPS) is 14.1. The van der Waals surface area contributed by atoms with Crippen LogP contribution in [0.5, 0.6) is 0 Å². The molecule has 146 valence electrons. The van der Waals surface area contributed by atoms with Gasteiger partial charge in [0.2, 0.25) is 0 Å². The molecular weight excluding hydrogens is 406 g/mol. The van der Waals surface area contributed by atoms with E-state index in [1.54, 1.807) is 18.2 Å². The topological polar surface area (TPSA) is 89.7 Å². The Morgan fingerprint density at radius 1 is 1.32 bits per heavy atom. The van der Waals surface area contributed by atoms with Crippen molar-refractivity contribution < 1.29 is 9.18 Å². The zero-order chi connectivity index (χ0) is 19.7. The van der Waals surface area contributed by atoms with Crippen LogP contribution in [0.2, 0.25) is 10.0 Å². The summed E-state index contributed by atoms with van der Waals surface area (Å²) in [7, 11) is 0. The molecule has 0 saturated heterocycles. The fourth-order valence-corrected chi connectivity index (χ4v) is 3.81. The molecule has 0 fully saturated rings. The van der Waals surface area contributed by atoms with Gasteiger partial charge in [0.15, 0.2) is 5.82 Å². The summed E-state index contributed by atoms with van der Waals surface area (Å²) in [6.07, 6.45) is 2.23. The lowest BCUT2D eigenvalue weighted by Crippen LogP contribution is -2.32. The average Bonchev–Trinajstić information content (AvgIpc) is 3.27. The molecule has 2 aromatic heterocycles. The lowest BCUT2D eigenvalue weighted by molar-refractivity contribution is 0.102. The quantitative estimate of drug-likeness (QED) is 0.584. The maximum atomic E-state index is 12.7. The van der Waals surface area contributed by atoms with Gasteiger partial charge in [-0.3, -0.25) is 14.8 Å². The van der Waals surface area contributed by atoms with Crippen LogP contribution in [-0.2, 0) is 13.0 Å². The molecule has 3 aromatic rings. The number of alkyl halides is 1. The van der Waals surface area contributed by atoms with Crippen molar-refractivity contribution in [2.45, 2.75) is 13.0 Å². The summed E-state index contributed by atoms with van der Waals surface area (Å²) in [4.78, 5) is 22.5. The van der Waals surface area contributed by atoms with E-state index in [0.29, 0.717) is 30.3 Å². The van der Waals surface area contributed by atoms with E-state index in [9.17, 15) is 9.18 Å². The van der Waals surface area contributed by atoms with Gasteiger partial charge in [-0.25, -0.2) is 9.37 Å². The number of benzene rings is 1. The summed E-state index contributed by atoms with van der Waals surface area (Å²) < 4.78 is 12.6. The molecule has 4 rings (SSSR count). The molecule has 7 nitrogen and oxygen atoms in total. The van der Waals surface area contributed by atoms with Crippen molar-refractivity contribution >= 4 is 34.8 Å². The highest BCUT2D eigenvalue weighted by Gasteiger charge is 2.23. The van der Waals surface area contributed by atoms with Gasteiger partial charge < -0.3 is 10.3 Å². The molecule has 1 aliphatic rings. The van der Waals surface area contributed by atoms with Crippen LogP contribution in [-0.4, -0.2) is 50.7 Å². The number of amides is 1. The second kappa shape index (κ2) is 7.90. The van der Waals surface area contributed by atoms with Crippen molar-refractivity contribution in [3.8, 4) is 11.5 Å². The largest absolute Gasteiger partial charge is 0.339 e. The molecule has 0 bridgehead atoms. The van der Waals surface area contributed by atoms with Crippen LogP contribution in [0.1, 0.15) is 21.7 Å². The first-order chi connectivity index (χ1) is 13.6. The number of imidazole rings is 1. The second-order valence-corrected chi connectivity index (χ2v) is 7.25. The number of hydrogen-bond acceptors (Lipinski definition) is 4. The van der Waals surface area contributed by atoms with Crippen molar-refractivity contribution in [2.75, 3.05) is 25.1 Å². The molecule has 28 heavy (non-hydrogen) atoms. The van der Waals surface area contributed by atoms with Gasteiger partial charge in [0.05, 0.1) is 38.9 Å². The van der Waals surface area contributed by atoms with Crippen molar-refractivity contribution in [1.82, 2.24) is 25.1 Å². The second-order valence-electron chi connectivity index (χ2n) is 6.44. The number of carbonyl (C=O) groups excluding carboxylic acids is 1. The molecule has 10 heteroatoms. The van der Waals surface area contributed by atoms with E-state index >= 15 is 0 Å². The third-order valence-electron chi connectivity index (χ3n) is 4.63. The van der Waals surface area contributed by atoms with Crippen LogP contribution >= 0.6 is 23.2 Å². The molecule has 1 amide bonds. The SMILES string of the molecule is O=C(Nc1cn[nH]c1-c1nc2c([nH]1)CN(CCF)CC2)c1c(Cl)cccc1Cl. The molecule has 3 heterocycles. The van der Waals surface area contributed by atoms with Gasteiger partial charge in [-0.15, -0.1) is 0 Å². The minimum atomic E-state index is -0.441. The number of nitrogens with zero attached hydrogens (tertiary/aromatic N) is 3. The number of rotatable bonds is 5. The van der Waals surface area contributed by atoms with Crippen LogP contribution in [0.15, 0.2) is 24.4 Å². The maximum Gasteiger partial charge on any atom is 0.258 e. The number of H-pyrrole nitrogens is 2. The standard InChI is InChI=1S/C18H17Cl2FN6O/c19-10-2-1-3-11(20)15(10)18(28)25-13-8-22-26-16(13)17-23-12-4-6-27(7-5-21)9-14(12)24-17/h1-3,8H,4-7,9H2,(H,22,26)(H,23,24)(H,25,28). The zero-order valence-electron chi connectivity index (χ0n) is 14.7. The Balaban J connectivity index is 1.58. The van der Waals surface area contributed by atoms with E-state index in [1.807, 2.05) is 4.90 Å². The summed E-state index contributed by atoms with van der Waals surface area (Å²) in [5.41, 5.74) is 3.07. The number of aromatic amines is 2. The predicted molar refractivity (Wildman–Crippen MR) is 106 cm³/mol. The fourth-order valence-electron chi connectivity index (χ4n) is 3.24. The molecule has 0 unspecified atom stereocenters. The Kier molecular flexibility index (Phi) is 5.34. The number of anilines is 1. The van der Waals surface area contributed by atoms with E-state index in [-0.39, 0.29) is 22.3 Å². The molecule has 0 spiro atoms. The first-order valence-electron chi connectivity index (χ1n) is 8.72.